The Bertz CT molecular complexity index is 1390. The Morgan fingerprint density at radius 3 is 2.54 bits per heavy atom. The molecule has 0 spiro atoms. The Morgan fingerprint density at radius 1 is 1.14 bits per heavy atom. The molecule has 1 amide bonds. The third-order valence-corrected chi connectivity index (χ3v) is 9.78. The molecule has 0 bridgehead atoms. The Labute approximate surface area is 211 Å². The van der Waals surface area contributed by atoms with E-state index in [-0.39, 0.29) is 10.9 Å². The molecule has 1 aliphatic heterocycles. The monoisotopic (exact) mass is 515 g/mol. The molecule has 0 saturated carbocycles. The van der Waals surface area contributed by atoms with Gasteiger partial charge in [0.05, 0.1) is 16.7 Å². The maximum Gasteiger partial charge on any atom is 0.279 e. The van der Waals surface area contributed by atoms with Crippen molar-refractivity contribution in [2.75, 3.05) is 13.7 Å². The highest BCUT2D eigenvalue weighted by molar-refractivity contribution is 7.89. The van der Waals surface area contributed by atoms with Gasteiger partial charge in [0.15, 0.2) is 4.80 Å². The highest BCUT2D eigenvalue weighted by Crippen LogP contribution is 2.31. The van der Waals surface area contributed by atoms with Gasteiger partial charge in [-0.1, -0.05) is 37.7 Å². The Kier molecular flexibility index (Phi) is 7.78. The predicted octanol–water partition coefficient (Wildman–Crippen LogP) is 5.12. The number of benzene rings is 2. The van der Waals surface area contributed by atoms with Gasteiger partial charge in [-0.25, -0.2) is 8.42 Å². The smallest absolute Gasteiger partial charge is 0.279 e. The summed E-state index contributed by atoms with van der Waals surface area (Å²) in [6, 6.07) is 10.2. The number of rotatable bonds is 7. The first-order chi connectivity index (χ1) is 16.8. The minimum atomic E-state index is -3.59. The molecule has 0 N–H and O–H groups in total. The highest BCUT2D eigenvalue weighted by atomic mass is 32.2. The topological polar surface area (TPSA) is 81.0 Å². The van der Waals surface area contributed by atoms with Crippen molar-refractivity contribution >= 4 is 37.5 Å². The van der Waals surface area contributed by atoms with E-state index < -0.39 is 15.9 Å². The van der Waals surface area contributed by atoms with Gasteiger partial charge in [-0.15, -0.1) is 0 Å². The zero-order valence-electron chi connectivity index (χ0n) is 20.8. The molecular formula is C26H33N3O4S2. The van der Waals surface area contributed by atoms with Crippen LogP contribution in [0.2, 0.25) is 0 Å². The lowest BCUT2D eigenvalue weighted by atomic mass is 10.0. The second-order valence-electron chi connectivity index (χ2n) is 8.91. The lowest BCUT2D eigenvalue weighted by Crippen LogP contribution is -2.43. The standard InChI is InChI=1S/C26H33N3O4S2/c1-5-16-28-23-22(33-4)15-10-18(3)24(23)34-26(28)27-25(30)19-11-13-21(14-12-19)35(31,32)29-17-8-7-9-20(29)6-2/h10-15,20H,5-9,16-17H2,1-4H3. The lowest BCUT2D eigenvalue weighted by molar-refractivity contribution is 0.0997. The van der Waals surface area contributed by atoms with Crippen molar-refractivity contribution in [3.63, 3.8) is 0 Å². The molecule has 1 fully saturated rings. The summed E-state index contributed by atoms with van der Waals surface area (Å²) >= 11 is 1.46. The molecule has 3 aromatic rings. The molecule has 1 unspecified atom stereocenters. The zero-order chi connectivity index (χ0) is 25.2. The summed E-state index contributed by atoms with van der Waals surface area (Å²) in [5.74, 6) is 0.355. The number of nitrogens with zero attached hydrogens (tertiary/aromatic N) is 3. The van der Waals surface area contributed by atoms with Crippen molar-refractivity contribution < 1.29 is 17.9 Å². The number of piperidine rings is 1. The zero-order valence-corrected chi connectivity index (χ0v) is 22.4. The maximum atomic E-state index is 13.2. The van der Waals surface area contributed by atoms with Gasteiger partial charge in [-0.3, -0.25) is 4.79 Å². The number of aryl methyl sites for hydroxylation is 2. The van der Waals surface area contributed by atoms with E-state index in [2.05, 4.69) is 11.9 Å². The van der Waals surface area contributed by atoms with Crippen molar-refractivity contribution in [3.05, 3.63) is 52.3 Å². The summed E-state index contributed by atoms with van der Waals surface area (Å²) in [4.78, 5) is 18.3. The molecule has 1 aromatic heterocycles. The quantitative estimate of drug-likeness (QED) is 0.437. The van der Waals surface area contributed by atoms with Crippen LogP contribution in [0.25, 0.3) is 10.2 Å². The van der Waals surface area contributed by atoms with Gasteiger partial charge < -0.3 is 9.30 Å². The van der Waals surface area contributed by atoms with Crippen LogP contribution in [0.1, 0.15) is 61.9 Å². The first-order valence-electron chi connectivity index (χ1n) is 12.2. The van der Waals surface area contributed by atoms with Crippen molar-refractivity contribution in [1.82, 2.24) is 8.87 Å². The molecule has 1 aliphatic rings. The molecule has 7 nitrogen and oxygen atoms in total. The summed E-state index contributed by atoms with van der Waals surface area (Å²) in [7, 11) is -1.95. The fourth-order valence-electron chi connectivity index (χ4n) is 4.71. The number of carbonyl (C=O) groups excluding carboxylic acids is 1. The summed E-state index contributed by atoms with van der Waals surface area (Å²) in [6.07, 6.45) is 4.50. The van der Waals surface area contributed by atoms with Gasteiger partial charge in [-0.05, 0) is 68.5 Å². The molecule has 188 valence electrons. The van der Waals surface area contributed by atoms with E-state index in [1.165, 1.54) is 23.5 Å². The van der Waals surface area contributed by atoms with Gasteiger partial charge in [0, 0.05) is 24.7 Å². The fourth-order valence-corrected chi connectivity index (χ4v) is 7.62. The Morgan fingerprint density at radius 2 is 1.89 bits per heavy atom. The average molecular weight is 516 g/mol. The molecule has 35 heavy (non-hydrogen) atoms. The number of thiazole rings is 1. The van der Waals surface area contributed by atoms with E-state index in [4.69, 9.17) is 4.74 Å². The van der Waals surface area contributed by atoms with Gasteiger partial charge >= 0.3 is 0 Å². The fraction of sp³-hybridized carbons (Fsp3) is 0.462. The number of hydrogen-bond donors (Lipinski definition) is 0. The van der Waals surface area contributed by atoms with E-state index in [0.29, 0.717) is 23.5 Å². The van der Waals surface area contributed by atoms with Crippen LogP contribution < -0.4 is 9.54 Å². The summed E-state index contributed by atoms with van der Waals surface area (Å²) in [5.41, 5.74) is 2.40. The van der Waals surface area contributed by atoms with Crippen molar-refractivity contribution in [2.24, 2.45) is 4.99 Å². The minimum absolute atomic E-state index is 0.0347. The molecule has 0 radical (unpaired) electrons. The predicted molar refractivity (Wildman–Crippen MR) is 140 cm³/mol. The van der Waals surface area contributed by atoms with E-state index in [1.807, 2.05) is 30.5 Å². The summed E-state index contributed by atoms with van der Waals surface area (Å²) in [5, 5.41) is 0. The number of aromatic nitrogens is 1. The van der Waals surface area contributed by atoms with Crippen molar-refractivity contribution in [2.45, 2.75) is 70.4 Å². The highest BCUT2D eigenvalue weighted by Gasteiger charge is 2.32. The average Bonchev–Trinajstić information content (AvgIpc) is 3.23. The van der Waals surface area contributed by atoms with Crippen molar-refractivity contribution in [1.29, 1.82) is 0 Å². The van der Waals surface area contributed by atoms with Crippen LogP contribution in [-0.4, -0.2) is 42.9 Å². The van der Waals surface area contributed by atoms with E-state index in [9.17, 15) is 13.2 Å². The molecular weight excluding hydrogens is 482 g/mol. The van der Waals surface area contributed by atoms with E-state index in [1.54, 1.807) is 23.5 Å². The van der Waals surface area contributed by atoms with E-state index >= 15 is 0 Å². The molecule has 9 heteroatoms. The first kappa shape index (κ1) is 25.6. The van der Waals surface area contributed by atoms with Crippen LogP contribution in [0.4, 0.5) is 0 Å². The Balaban J connectivity index is 1.69. The third kappa shape index (κ3) is 4.94. The third-order valence-electron chi connectivity index (χ3n) is 6.60. The normalized spacial score (nSPS) is 17.7. The van der Waals surface area contributed by atoms with Crippen molar-refractivity contribution in [3.8, 4) is 5.75 Å². The molecule has 0 aliphatic carbocycles. The van der Waals surface area contributed by atoms with Gasteiger partial charge in [-0.2, -0.15) is 9.30 Å². The number of amides is 1. The second kappa shape index (κ2) is 10.6. The molecule has 2 aromatic carbocycles. The summed E-state index contributed by atoms with van der Waals surface area (Å²) < 4.78 is 36.8. The number of carbonyl (C=O) groups is 1. The Hall–Kier alpha value is -2.49. The van der Waals surface area contributed by atoms with Crippen LogP contribution in [0.5, 0.6) is 5.75 Å². The molecule has 2 heterocycles. The minimum Gasteiger partial charge on any atom is -0.495 e. The second-order valence-corrected chi connectivity index (χ2v) is 11.8. The van der Waals surface area contributed by atoms with Crippen LogP contribution in [0.3, 0.4) is 0 Å². The van der Waals surface area contributed by atoms with E-state index in [0.717, 1.165) is 53.6 Å². The number of fused-ring (bicyclic) bond motifs is 1. The first-order valence-corrected chi connectivity index (χ1v) is 14.4. The SMILES string of the molecule is CCCn1c(=NC(=O)c2ccc(S(=O)(=O)N3CCCCC3CC)cc2)sc2c(C)ccc(OC)c21. The number of methoxy groups -OCH3 is 1. The van der Waals surface area contributed by atoms with Crippen LogP contribution in [-0.2, 0) is 16.6 Å². The number of ether oxygens (including phenoxy) is 1. The summed E-state index contributed by atoms with van der Waals surface area (Å²) in [6.45, 7) is 7.39. The van der Waals surface area contributed by atoms with Crippen LogP contribution in [0, 0.1) is 6.92 Å². The van der Waals surface area contributed by atoms with Crippen LogP contribution >= 0.6 is 11.3 Å². The largest absolute Gasteiger partial charge is 0.495 e. The lowest BCUT2D eigenvalue weighted by Gasteiger charge is -2.34. The van der Waals surface area contributed by atoms with Gasteiger partial charge in [0.25, 0.3) is 5.91 Å². The maximum absolute atomic E-state index is 13.2. The molecule has 4 rings (SSSR count). The van der Waals surface area contributed by atoms with Gasteiger partial charge in [0.1, 0.15) is 11.3 Å². The molecule has 1 atom stereocenters. The van der Waals surface area contributed by atoms with Crippen LogP contribution in [0.15, 0.2) is 46.3 Å². The number of sulfonamides is 1. The van der Waals surface area contributed by atoms with Gasteiger partial charge in [0.2, 0.25) is 10.0 Å². The molecule has 1 saturated heterocycles. The number of hydrogen-bond acceptors (Lipinski definition) is 5.